The molecule has 0 heterocycles. The molecule has 7 nitrogen and oxygen atoms in total. The molecule has 2 amide bonds. The SMILES string of the molecule is CCCCNC(=O)c1cccc(NCC(=O)Nc2ccc(OCCOC)cc2)c1. The number of hydrogen-bond acceptors (Lipinski definition) is 5. The van der Waals surface area contributed by atoms with Crippen LogP contribution in [0.25, 0.3) is 0 Å². The predicted octanol–water partition coefficient (Wildman–Crippen LogP) is 3.29. The largest absolute Gasteiger partial charge is 0.491 e. The molecule has 2 aromatic carbocycles. The number of unbranched alkanes of at least 4 members (excludes halogenated alkanes) is 1. The minimum absolute atomic E-state index is 0.0903. The van der Waals surface area contributed by atoms with Crippen molar-refractivity contribution in [2.45, 2.75) is 19.8 Å². The highest BCUT2D eigenvalue weighted by molar-refractivity contribution is 5.96. The number of ether oxygens (including phenoxy) is 2. The lowest BCUT2D eigenvalue weighted by Crippen LogP contribution is -2.25. The first-order valence-corrected chi connectivity index (χ1v) is 9.76. The third-order valence-electron chi connectivity index (χ3n) is 4.09. The van der Waals surface area contributed by atoms with Gasteiger partial charge in [0.25, 0.3) is 5.91 Å². The van der Waals surface area contributed by atoms with Gasteiger partial charge < -0.3 is 25.4 Å². The molecular weight excluding hydrogens is 370 g/mol. The number of anilines is 2. The van der Waals surface area contributed by atoms with E-state index in [0.29, 0.717) is 42.4 Å². The van der Waals surface area contributed by atoms with Crippen molar-refractivity contribution in [3.63, 3.8) is 0 Å². The summed E-state index contributed by atoms with van der Waals surface area (Å²) in [5, 5.41) is 8.74. The van der Waals surface area contributed by atoms with E-state index < -0.39 is 0 Å². The molecule has 0 unspecified atom stereocenters. The van der Waals surface area contributed by atoms with Crippen molar-refractivity contribution in [2.75, 3.05) is 44.0 Å². The molecule has 2 rings (SSSR count). The maximum Gasteiger partial charge on any atom is 0.251 e. The highest BCUT2D eigenvalue weighted by Crippen LogP contribution is 2.16. The van der Waals surface area contributed by atoms with E-state index in [4.69, 9.17) is 9.47 Å². The van der Waals surface area contributed by atoms with Gasteiger partial charge in [-0.15, -0.1) is 0 Å². The molecule has 2 aromatic rings. The maximum absolute atomic E-state index is 12.2. The summed E-state index contributed by atoms with van der Waals surface area (Å²) in [6.45, 7) is 3.82. The third-order valence-corrected chi connectivity index (χ3v) is 4.09. The van der Waals surface area contributed by atoms with Gasteiger partial charge in [-0.05, 0) is 48.9 Å². The van der Waals surface area contributed by atoms with Crippen LogP contribution in [0.3, 0.4) is 0 Å². The van der Waals surface area contributed by atoms with Crippen LogP contribution in [-0.2, 0) is 9.53 Å². The van der Waals surface area contributed by atoms with Gasteiger partial charge in [-0.3, -0.25) is 9.59 Å². The first-order chi connectivity index (χ1) is 14.1. The summed E-state index contributed by atoms with van der Waals surface area (Å²) in [4.78, 5) is 24.3. The molecule has 3 N–H and O–H groups in total. The van der Waals surface area contributed by atoms with Crippen LogP contribution in [0.5, 0.6) is 5.75 Å². The first-order valence-electron chi connectivity index (χ1n) is 9.76. The summed E-state index contributed by atoms with van der Waals surface area (Å²) < 4.78 is 10.4. The second-order valence-electron chi connectivity index (χ2n) is 6.46. The molecule has 0 atom stereocenters. The van der Waals surface area contributed by atoms with Crippen LogP contribution < -0.4 is 20.7 Å². The Morgan fingerprint density at radius 2 is 1.79 bits per heavy atom. The van der Waals surface area contributed by atoms with E-state index in [1.165, 1.54) is 0 Å². The highest BCUT2D eigenvalue weighted by Gasteiger charge is 2.07. The maximum atomic E-state index is 12.2. The highest BCUT2D eigenvalue weighted by atomic mass is 16.5. The number of carbonyl (C=O) groups excluding carboxylic acids is 2. The zero-order valence-corrected chi connectivity index (χ0v) is 17.0. The summed E-state index contributed by atoms with van der Waals surface area (Å²) in [5.41, 5.74) is 1.96. The average molecular weight is 399 g/mol. The fourth-order valence-corrected chi connectivity index (χ4v) is 2.52. The lowest BCUT2D eigenvalue weighted by molar-refractivity contribution is -0.114. The zero-order chi connectivity index (χ0) is 20.9. The molecule has 0 radical (unpaired) electrons. The Morgan fingerprint density at radius 3 is 2.52 bits per heavy atom. The van der Waals surface area contributed by atoms with Crippen molar-refractivity contribution in [3.8, 4) is 5.75 Å². The molecule has 0 aromatic heterocycles. The number of hydrogen-bond donors (Lipinski definition) is 3. The second kappa shape index (κ2) is 12.4. The van der Waals surface area contributed by atoms with Crippen molar-refractivity contribution < 1.29 is 19.1 Å². The van der Waals surface area contributed by atoms with E-state index in [1.54, 1.807) is 49.6 Å². The van der Waals surface area contributed by atoms with Crippen molar-refractivity contribution in [1.82, 2.24) is 5.32 Å². The van der Waals surface area contributed by atoms with Crippen molar-refractivity contribution >= 4 is 23.2 Å². The molecule has 0 aliphatic rings. The Labute approximate surface area is 171 Å². The summed E-state index contributed by atoms with van der Waals surface area (Å²) in [5.74, 6) is 0.419. The Kier molecular flexibility index (Phi) is 9.51. The second-order valence-corrected chi connectivity index (χ2v) is 6.46. The van der Waals surface area contributed by atoms with Crippen LogP contribution in [0.15, 0.2) is 48.5 Å². The van der Waals surface area contributed by atoms with Gasteiger partial charge in [0, 0.05) is 30.6 Å². The third kappa shape index (κ3) is 8.23. The van der Waals surface area contributed by atoms with Crippen molar-refractivity contribution in [2.24, 2.45) is 0 Å². The van der Waals surface area contributed by atoms with Gasteiger partial charge in [-0.2, -0.15) is 0 Å². The number of methoxy groups -OCH3 is 1. The first kappa shape index (κ1) is 22.2. The predicted molar refractivity (Wildman–Crippen MR) is 115 cm³/mol. The van der Waals surface area contributed by atoms with Crippen molar-refractivity contribution in [1.29, 1.82) is 0 Å². The van der Waals surface area contributed by atoms with Gasteiger partial charge >= 0.3 is 0 Å². The van der Waals surface area contributed by atoms with Gasteiger partial charge in [0.1, 0.15) is 12.4 Å². The minimum atomic E-state index is -0.184. The van der Waals surface area contributed by atoms with Gasteiger partial charge in [0.15, 0.2) is 0 Å². The van der Waals surface area contributed by atoms with E-state index in [1.807, 2.05) is 6.07 Å². The Hall–Kier alpha value is -3.06. The van der Waals surface area contributed by atoms with Crippen LogP contribution in [-0.4, -0.2) is 45.2 Å². The van der Waals surface area contributed by atoms with E-state index in [0.717, 1.165) is 12.8 Å². The molecule has 0 saturated carbocycles. The number of amides is 2. The standard InChI is InChI=1S/C22H29N3O4/c1-3-4-12-23-22(27)17-6-5-7-19(15-17)24-16-21(26)25-18-8-10-20(11-9-18)29-14-13-28-2/h5-11,15,24H,3-4,12-14,16H2,1-2H3,(H,23,27)(H,25,26). The molecule has 0 bridgehead atoms. The summed E-state index contributed by atoms with van der Waals surface area (Å²) in [6.07, 6.45) is 1.98. The number of nitrogens with one attached hydrogen (secondary N) is 3. The van der Waals surface area contributed by atoms with Crippen LogP contribution in [0, 0.1) is 0 Å². The average Bonchev–Trinajstić information content (AvgIpc) is 2.74. The molecular formula is C22H29N3O4. The fourth-order valence-electron chi connectivity index (χ4n) is 2.52. The van der Waals surface area contributed by atoms with Crippen LogP contribution in [0.4, 0.5) is 11.4 Å². The van der Waals surface area contributed by atoms with E-state index >= 15 is 0 Å². The quantitative estimate of drug-likeness (QED) is 0.477. The van der Waals surface area contributed by atoms with Gasteiger partial charge in [-0.25, -0.2) is 0 Å². The van der Waals surface area contributed by atoms with Crippen LogP contribution in [0.2, 0.25) is 0 Å². The van der Waals surface area contributed by atoms with E-state index in [-0.39, 0.29) is 18.4 Å². The van der Waals surface area contributed by atoms with E-state index in [9.17, 15) is 9.59 Å². The molecule has 0 aliphatic heterocycles. The molecule has 0 saturated heterocycles. The molecule has 0 aliphatic carbocycles. The monoisotopic (exact) mass is 399 g/mol. The minimum Gasteiger partial charge on any atom is -0.491 e. The van der Waals surface area contributed by atoms with Gasteiger partial charge in [0.2, 0.25) is 5.91 Å². The molecule has 0 fully saturated rings. The summed E-state index contributed by atoms with van der Waals surface area (Å²) in [6, 6.07) is 14.2. The van der Waals surface area contributed by atoms with Crippen LogP contribution >= 0.6 is 0 Å². The molecule has 0 spiro atoms. The lowest BCUT2D eigenvalue weighted by atomic mass is 10.2. The van der Waals surface area contributed by atoms with E-state index in [2.05, 4.69) is 22.9 Å². The number of carbonyl (C=O) groups is 2. The van der Waals surface area contributed by atoms with Crippen LogP contribution in [0.1, 0.15) is 30.1 Å². The zero-order valence-electron chi connectivity index (χ0n) is 17.0. The topological polar surface area (TPSA) is 88.7 Å². The normalized spacial score (nSPS) is 10.3. The molecule has 7 heteroatoms. The molecule has 156 valence electrons. The Morgan fingerprint density at radius 1 is 1.00 bits per heavy atom. The number of benzene rings is 2. The van der Waals surface area contributed by atoms with Crippen molar-refractivity contribution in [3.05, 3.63) is 54.1 Å². The smallest absolute Gasteiger partial charge is 0.251 e. The molecule has 29 heavy (non-hydrogen) atoms. The van der Waals surface area contributed by atoms with Gasteiger partial charge in [-0.1, -0.05) is 19.4 Å². The number of rotatable bonds is 12. The fraction of sp³-hybridized carbons (Fsp3) is 0.364. The Bertz CT molecular complexity index is 778. The summed E-state index contributed by atoms with van der Waals surface area (Å²) in [7, 11) is 1.62. The summed E-state index contributed by atoms with van der Waals surface area (Å²) >= 11 is 0. The lowest BCUT2D eigenvalue weighted by Gasteiger charge is -2.10. The van der Waals surface area contributed by atoms with Gasteiger partial charge in [0.05, 0.1) is 13.2 Å². The Balaban J connectivity index is 1.80.